The van der Waals surface area contributed by atoms with Gasteiger partial charge in [0.2, 0.25) is 5.91 Å². The van der Waals surface area contributed by atoms with E-state index in [2.05, 4.69) is 10.6 Å². The van der Waals surface area contributed by atoms with Crippen molar-refractivity contribution < 1.29 is 28.5 Å². The van der Waals surface area contributed by atoms with Gasteiger partial charge in [-0.1, -0.05) is 6.07 Å². The highest BCUT2D eigenvalue weighted by molar-refractivity contribution is 8.00. The Kier molecular flexibility index (Phi) is 8.86. The fourth-order valence-electron chi connectivity index (χ4n) is 3.27. The lowest BCUT2D eigenvalue weighted by atomic mass is 10.1. The number of hydrogen-bond donors (Lipinski definition) is 2. The predicted octanol–water partition coefficient (Wildman–Crippen LogP) is 5.09. The largest absolute Gasteiger partial charge is 0.497 e. The summed E-state index contributed by atoms with van der Waals surface area (Å²) in [4.78, 5) is 26.4. The maximum atomic E-state index is 12.8. The molecule has 3 aromatic carbocycles. The van der Waals surface area contributed by atoms with Gasteiger partial charge in [0.15, 0.2) is 0 Å². The Hall–Kier alpha value is -3.85. The molecule has 1 unspecified atom stereocenters. The minimum Gasteiger partial charge on any atom is -0.497 e. The van der Waals surface area contributed by atoms with E-state index in [4.69, 9.17) is 18.9 Å². The van der Waals surface area contributed by atoms with Crippen LogP contribution < -0.4 is 29.6 Å². The topological polar surface area (TPSA) is 95.1 Å². The molecular formula is C26H28N2O6S. The van der Waals surface area contributed by atoms with Crippen LogP contribution in [0.4, 0.5) is 11.4 Å². The van der Waals surface area contributed by atoms with Gasteiger partial charge in [-0.05, 0) is 43.3 Å². The molecule has 0 fully saturated rings. The highest BCUT2D eigenvalue weighted by Gasteiger charge is 2.19. The minimum atomic E-state index is -0.370. The first kappa shape index (κ1) is 25.8. The summed E-state index contributed by atoms with van der Waals surface area (Å²) in [5.41, 5.74) is 1.51. The van der Waals surface area contributed by atoms with Crippen molar-refractivity contribution in [1.29, 1.82) is 0 Å². The van der Waals surface area contributed by atoms with E-state index in [1.165, 1.54) is 26.0 Å². The molecule has 0 aliphatic carbocycles. The Morgan fingerprint density at radius 3 is 1.83 bits per heavy atom. The number of rotatable bonds is 10. The Bertz CT molecular complexity index is 1140. The van der Waals surface area contributed by atoms with E-state index in [0.717, 1.165) is 4.90 Å². The van der Waals surface area contributed by atoms with Crippen LogP contribution in [0, 0.1) is 0 Å². The highest BCUT2D eigenvalue weighted by Crippen LogP contribution is 2.31. The monoisotopic (exact) mass is 496 g/mol. The van der Waals surface area contributed by atoms with Crippen LogP contribution >= 0.6 is 11.8 Å². The van der Waals surface area contributed by atoms with E-state index < -0.39 is 0 Å². The van der Waals surface area contributed by atoms with Crippen LogP contribution in [0.2, 0.25) is 0 Å². The van der Waals surface area contributed by atoms with Crippen molar-refractivity contribution in [2.45, 2.75) is 17.1 Å². The van der Waals surface area contributed by atoms with Crippen LogP contribution in [0.1, 0.15) is 17.3 Å². The highest BCUT2D eigenvalue weighted by atomic mass is 32.2. The summed E-state index contributed by atoms with van der Waals surface area (Å²) in [5.74, 6) is 1.50. The van der Waals surface area contributed by atoms with Crippen molar-refractivity contribution >= 4 is 35.0 Å². The van der Waals surface area contributed by atoms with Crippen molar-refractivity contribution in [3.8, 4) is 23.0 Å². The van der Waals surface area contributed by atoms with Crippen molar-refractivity contribution in [1.82, 2.24) is 0 Å². The quantitative estimate of drug-likeness (QED) is 0.378. The van der Waals surface area contributed by atoms with E-state index >= 15 is 0 Å². The van der Waals surface area contributed by atoms with E-state index in [9.17, 15) is 9.59 Å². The number of thioether (sulfide) groups is 1. The number of ether oxygens (including phenoxy) is 4. The molecule has 0 aromatic heterocycles. The molecule has 0 aliphatic rings. The van der Waals surface area contributed by atoms with Crippen molar-refractivity contribution in [3.05, 3.63) is 66.2 Å². The Labute approximate surface area is 208 Å². The van der Waals surface area contributed by atoms with E-state index in [1.807, 2.05) is 19.1 Å². The van der Waals surface area contributed by atoms with Crippen molar-refractivity contribution in [2.75, 3.05) is 39.1 Å². The van der Waals surface area contributed by atoms with Gasteiger partial charge in [0, 0.05) is 34.5 Å². The molecule has 2 N–H and O–H groups in total. The average Bonchev–Trinajstić information content (AvgIpc) is 2.88. The Morgan fingerprint density at radius 1 is 0.743 bits per heavy atom. The molecule has 1 atom stereocenters. The lowest BCUT2D eigenvalue weighted by molar-refractivity contribution is -0.115. The van der Waals surface area contributed by atoms with Crippen molar-refractivity contribution in [2.24, 2.45) is 0 Å². The molecular weight excluding hydrogens is 468 g/mol. The summed E-state index contributed by atoms with van der Waals surface area (Å²) in [6.07, 6.45) is 0. The summed E-state index contributed by atoms with van der Waals surface area (Å²) in [6.45, 7) is 1.82. The smallest absolute Gasteiger partial charge is 0.263 e. The molecule has 3 rings (SSSR count). The molecule has 3 aromatic rings. The predicted molar refractivity (Wildman–Crippen MR) is 137 cm³/mol. The Balaban J connectivity index is 1.63. The van der Waals surface area contributed by atoms with E-state index in [1.54, 1.807) is 62.8 Å². The Morgan fingerprint density at radius 2 is 1.31 bits per heavy atom. The number of methoxy groups -OCH3 is 4. The zero-order valence-corrected chi connectivity index (χ0v) is 21.0. The van der Waals surface area contributed by atoms with E-state index in [0.29, 0.717) is 39.9 Å². The molecule has 184 valence electrons. The van der Waals surface area contributed by atoms with Crippen LogP contribution in [-0.2, 0) is 4.79 Å². The lowest BCUT2D eigenvalue weighted by Gasteiger charge is -2.15. The second-order valence-electron chi connectivity index (χ2n) is 7.37. The van der Waals surface area contributed by atoms with Gasteiger partial charge in [0.1, 0.15) is 28.6 Å². The normalized spacial score (nSPS) is 11.2. The fourth-order valence-corrected chi connectivity index (χ4v) is 4.13. The second kappa shape index (κ2) is 12.0. The first-order chi connectivity index (χ1) is 16.9. The summed E-state index contributed by atoms with van der Waals surface area (Å²) in [5, 5.41) is 5.37. The van der Waals surface area contributed by atoms with Gasteiger partial charge >= 0.3 is 0 Å². The molecule has 0 radical (unpaired) electrons. The van der Waals surface area contributed by atoms with Gasteiger partial charge in [-0.25, -0.2) is 0 Å². The molecule has 9 heteroatoms. The van der Waals surface area contributed by atoms with Gasteiger partial charge in [-0.15, -0.1) is 11.8 Å². The summed E-state index contributed by atoms with van der Waals surface area (Å²) in [7, 11) is 6.11. The van der Waals surface area contributed by atoms with Gasteiger partial charge < -0.3 is 29.6 Å². The maximum absolute atomic E-state index is 12.8. The maximum Gasteiger partial charge on any atom is 0.263 e. The molecule has 0 bridgehead atoms. The first-order valence-corrected chi connectivity index (χ1v) is 11.6. The van der Waals surface area contributed by atoms with Crippen LogP contribution in [0.25, 0.3) is 0 Å². The second-order valence-corrected chi connectivity index (χ2v) is 8.78. The standard InChI is InChI=1S/C26H28N2O6S/c1-16(25(29)28-18-13-19(31-2)15-20(14-18)32-3)35-21-11-9-17(10-12-21)27-26(30)24-22(33-4)7-6-8-23(24)34-5/h6-16H,1-5H3,(H,27,30)(H,28,29). The van der Waals surface area contributed by atoms with Gasteiger partial charge in [-0.2, -0.15) is 0 Å². The summed E-state index contributed by atoms with van der Waals surface area (Å²) < 4.78 is 21.1. The molecule has 8 nitrogen and oxygen atoms in total. The van der Waals surface area contributed by atoms with E-state index in [-0.39, 0.29) is 17.1 Å². The average molecular weight is 497 g/mol. The number of carbonyl (C=O) groups is 2. The third kappa shape index (κ3) is 6.60. The molecule has 0 saturated heterocycles. The molecule has 0 heterocycles. The number of anilines is 2. The third-order valence-corrected chi connectivity index (χ3v) is 6.18. The minimum absolute atomic E-state index is 0.161. The number of nitrogens with one attached hydrogen (secondary N) is 2. The van der Waals surface area contributed by atoms with Crippen LogP contribution in [-0.4, -0.2) is 45.5 Å². The van der Waals surface area contributed by atoms with Crippen LogP contribution in [0.3, 0.4) is 0 Å². The number of hydrogen-bond acceptors (Lipinski definition) is 7. The first-order valence-electron chi connectivity index (χ1n) is 10.7. The number of amides is 2. The van der Waals surface area contributed by atoms with Crippen LogP contribution in [0.5, 0.6) is 23.0 Å². The molecule has 0 aliphatic heterocycles. The lowest BCUT2D eigenvalue weighted by Crippen LogP contribution is -2.22. The fraction of sp³-hybridized carbons (Fsp3) is 0.231. The molecule has 2 amide bonds. The molecule has 0 saturated carbocycles. The molecule has 0 spiro atoms. The van der Waals surface area contributed by atoms with Gasteiger partial charge in [-0.3, -0.25) is 9.59 Å². The number of carbonyl (C=O) groups excluding carboxylic acids is 2. The van der Waals surface area contributed by atoms with Crippen molar-refractivity contribution in [3.63, 3.8) is 0 Å². The van der Waals surface area contributed by atoms with Gasteiger partial charge in [0.05, 0.1) is 33.7 Å². The van der Waals surface area contributed by atoms with Crippen LogP contribution in [0.15, 0.2) is 65.6 Å². The summed E-state index contributed by atoms with van der Waals surface area (Å²) >= 11 is 1.40. The summed E-state index contributed by atoms with van der Waals surface area (Å²) in [6, 6.07) is 17.6. The zero-order chi connectivity index (χ0) is 25.4. The van der Waals surface area contributed by atoms with Gasteiger partial charge in [0.25, 0.3) is 5.91 Å². The third-order valence-electron chi connectivity index (χ3n) is 5.07. The number of benzene rings is 3. The zero-order valence-electron chi connectivity index (χ0n) is 20.2. The SMILES string of the molecule is COc1cc(NC(=O)C(C)Sc2ccc(NC(=O)c3c(OC)cccc3OC)cc2)cc(OC)c1. The molecule has 35 heavy (non-hydrogen) atoms.